The van der Waals surface area contributed by atoms with Crippen LogP contribution in [-0.4, -0.2) is 6.54 Å². The number of benzene rings is 1. The van der Waals surface area contributed by atoms with E-state index in [1.165, 1.54) is 23.3 Å². The molecule has 0 amide bonds. The number of aryl methyl sites for hydroxylation is 2. The van der Waals surface area contributed by atoms with E-state index in [9.17, 15) is 4.39 Å². The van der Waals surface area contributed by atoms with E-state index < -0.39 is 0 Å². The standard InChI is InChI=1S/C17H22FNO/c1-5-19-16(10-14-6-8-15(18)9-7-14)17-11(2)12(3)20-13(17)4/h6-9,16,19H,5,10H2,1-4H3. The molecule has 0 radical (unpaired) electrons. The Bertz CT molecular complexity index is 571. The molecule has 1 aromatic carbocycles. The average molecular weight is 275 g/mol. The lowest BCUT2D eigenvalue weighted by Gasteiger charge is -2.19. The molecular formula is C17H22FNO. The van der Waals surface area contributed by atoms with E-state index >= 15 is 0 Å². The van der Waals surface area contributed by atoms with Gasteiger partial charge in [0.05, 0.1) is 0 Å². The molecule has 20 heavy (non-hydrogen) atoms. The van der Waals surface area contributed by atoms with E-state index in [0.29, 0.717) is 0 Å². The molecular weight excluding hydrogens is 253 g/mol. The average Bonchev–Trinajstić information content (AvgIpc) is 2.66. The molecule has 2 nitrogen and oxygen atoms in total. The quantitative estimate of drug-likeness (QED) is 0.883. The van der Waals surface area contributed by atoms with Crippen LogP contribution >= 0.6 is 0 Å². The lowest BCUT2D eigenvalue weighted by atomic mass is 9.95. The molecule has 2 rings (SSSR count). The zero-order chi connectivity index (χ0) is 14.7. The first kappa shape index (κ1) is 14.8. The van der Waals surface area contributed by atoms with Crippen LogP contribution in [0, 0.1) is 26.6 Å². The summed E-state index contributed by atoms with van der Waals surface area (Å²) in [4.78, 5) is 0. The monoisotopic (exact) mass is 275 g/mol. The van der Waals surface area contributed by atoms with Gasteiger partial charge >= 0.3 is 0 Å². The number of furan rings is 1. The minimum absolute atomic E-state index is 0.194. The highest BCUT2D eigenvalue weighted by molar-refractivity contribution is 5.35. The fraction of sp³-hybridized carbons (Fsp3) is 0.412. The van der Waals surface area contributed by atoms with Crippen molar-refractivity contribution in [1.29, 1.82) is 0 Å². The zero-order valence-corrected chi connectivity index (χ0v) is 12.6. The number of likely N-dealkylation sites (N-methyl/N-ethyl adjacent to an activating group) is 1. The van der Waals surface area contributed by atoms with Crippen LogP contribution in [0.3, 0.4) is 0 Å². The predicted octanol–water partition coefficient (Wildman–Crippen LogP) is 4.24. The Morgan fingerprint density at radius 2 is 1.75 bits per heavy atom. The molecule has 3 heteroatoms. The molecule has 0 spiro atoms. The third kappa shape index (κ3) is 3.10. The Morgan fingerprint density at radius 3 is 2.25 bits per heavy atom. The van der Waals surface area contributed by atoms with Crippen molar-refractivity contribution in [2.24, 2.45) is 0 Å². The molecule has 0 aliphatic rings. The smallest absolute Gasteiger partial charge is 0.123 e. The lowest BCUT2D eigenvalue weighted by Crippen LogP contribution is -2.24. The van der Waals surface area contributed by atoms with E-state index in [1.807, 2.05) is 26.0 Å². The Labute approximate surface area is 120 Å². The van der Waals surface area contributed by atoms with Crippen molar-refractivity contribution in [3.63, 3.8) is 0 Å². The first-order chi connectivity index (χ1) is 9.52. The predicted molar refractivity (Wildman–Crippen MR) is 79.4 cm³/mol. The fourth-order valence-corrected chi connectivity index (χ4v) is 2.70. The third-order valence-corrected chi connectivity index (χ3v) is 3.77. The summed E-state index contributed by atoms with van der Waals surface area (Å²) < 4.78 is 18.7. The molecule has 0 aliphatic heterocycles. The van der Waals surface area contributed by atoms with Crippen LogP contribution in [-0.2, 0) is 6.42 Å². The normalized spacial score (nSPS) is 12.7. The van der Waals surface area contributed by atoms with E-state index in [4.69, 9.17) is 4.42 Å². The van der Waals surface area contributed by atoms with Crippen molar-refractivity contribution in [2.75, 3.05) is 6.54 Å². The zero-order valence-electron chi connectivity index (χ0n) is 12.6. The molecule has 0 aliphatic carbocycles. The van der Waals surface area contributed by atoms with E-state index in [1.54, 1.807) is 0 Å². The van der Waals surface area contributed by atoms with Gasteiger partial charge < -0.3 is 9.73 Å². The largest absolute Gasteiger partial charge is 0.466 e. The first-order valence-corrected chi connectivity index (χ1v) is 7.07. The summed E-state index contributed by atoms with van der Waals surface area (Å²) in [6, 6.07) is 6.91. The SMILES string of the molecule is CCNC(Cc1ccc(F)cc1)c1c(C)oc(C)c1C. The van der Waals surface area contributed by atoms with E-state index in [-0.39, 0.29) is 11.9 Å². The van der Waals surface area contributed by atoms with Crippen LogP contribution in [0.2, 0.25) is 0 Å². The van der Waals surface area contributed by atoms with Gasteiger partial charge in [-0.1, -0.05) is 19.1 Å². The highest BCUT2D eigenvalue weighted by Gasteiger charge is 2.20. The van der Waals surface area contributed by atoms with Crippen LogP contribution < -0.4 is 5.32 Å². The van der Waals surface area contributed by atoms with Crippen LogP contribution in [0.25, 0.3) is 0 Å². The van der Waals surface area contributed by atoms with Crippen LogP contribution in [0.15, 0.2) is 28.7 Å². The van der Waals surface area contributed by atoms with Gasteiger partial charge in [0.1, 0.15) is 17.3 Å². The Hall–Kier alpha value is -1.61. The molecule has 108 valence electrons. The summed E-state index contributed by atoms with van der Waals surface area (Å²) >= 11 is 0. The van der Waals surface area contributed by atoms with Crippen molar-refractivity contribution in [3.05, 3.63) is 58.3 Å². The maximum atomic E-state index is 13.0. The highest BCUT2D eigenvalue weighted by Crippen LogP contribution is 2.29. The Kier molecular flexibility index (Phi) is 4.61. The van der Waals surface area contributed by atoms with Crippen LogP contribution in [0.4, 0.5) is 4.39 Å². The molecule has 0 bridgehead atoms. The van der Waals surface area contributed by atoms with Crippen molar-refractivity contribution in [1.82, 2.24) is 5.32 Å². The number of nitrogens with one attached hydrogen (secondary N) is 1. The minimum Gasteiger partial charge on any atom is -0.466 e. The van der Waals surface area contributed by atoms with Gasteiger partial charge in [-0.2, -0.15) is 0 Å². The molecule has 0 fully saturated rings. The first-order valence-electron chi connectivity index (χ1n) is 7.07. The second-order valence-electron chi connectivity index (χ2n) is 5.19. The molecule has 0 saturated carbocycles. The number of hydrogen-bond donors (Lipinski definition) is 1. The maximum Gasteiger partial charge on any atom is 0.123 e. The summed E-state index contributed by atoms with van der Waals surface area (Å²) in [7, 11) is 0. The van der Waals surface area contributed by atoms with Gasteiger partial charge in [-0.05, 0) is 57.0 Å². The molecule has 1 aromatic heterocycles. The van der Waals surface area contributed by atoms with Crippen molar-refractivity contribution in [3.8, 4) is 0 Å². The second-order valence-corrected chi connectivity index (χ2v) is 5.19. The summed E-state index contributed by atoms with van der Waals surface area (Å²) in [6.45, 7) is 9.07. The van der Waals surface area contributed by atoms with Gasteiger partial charge in [0.25, 0.3) is 0 Å². The number of hydrogen-bond acceptors (Lipinski definition) is 2. The van der Waals surface area contributed by atoms with Gasteiger partial charge in [0.15, 0.2) is 0 Å². The van der Waals surface area contributed by atoms with Crippen molar-refractivity contribution < 1.29 is 8.81 Å². The van der Waals surface area contributed by atoms with Crippen LogP contribution in [0.5, 0.6) is 0 Å². The van der Waals surface area contributed by atoms with Gasteiger partial charge in [0.2, 0.25) is 0 Å². The van der Waals surface area contributed by atoms with Crippen molar-refractivity contribution >= 4 is 0 Å². The van der Waals surface area contributed by atoms with Gasteiger partial charge in [-0.15, -0.1) is 0 Å². The molecule has 1 N–H and O–H groups in total. The third-order valence-electron chi connectivity index (χ3n) is 3.77. The lowest BCUT2D eigenvalue weighted by molar-refractivity contribution is 0.484. The van der Waals surface area contributed by atoms with Gasteiger partial charge in [-0.25, -0.2) is 4.39 Å². The Morgan fingerprint density at radius 1 is 1.10 bits per heavy atom. The second kappa shape index (κ2) is 6.23. The van der Waals surface area contributed by atoms with E-state index in [0.717, 1.165) is 30.0 Å². The van der Waals surface area contributed by atoms with Gasteiger partial charge in [-0.3, -0.25) is 0 Å². The fourth-order valence-electron chi connectivity index (χ4n) is 2.70. The number of rotatable bonds is 5. The minimum atomic E-state index is -0.194. The van der Waals surface area contributed by atoms with Crippen molar-refractivity contribution in [2.45, 2.75) is 40.2 Å². The molecule has 0 saturated heterocycles. The maximum absolute atomic E-state index is 13.0. The number of halogens is 1. The highest BCUT2D eigenvalue weighted by atomic mass is 19.1. The summed E-state index contributed by atoms with van der Waals surface area (Å²) in [5.41, 5.74) is 3.55. The topological polar surface area (TPSA) is 25.2 Å². The summed E-state index contributed by atoms with van der Waals surface area (Å²) in [5.74, 6) is 1.74. The Balaban J connectivity index is 2.29. The molecule has 1 atom stereocenters. The molecule has 2 aromatic rings. The summed E-state index contributed by atoms with van der Waals surface area (Å²) in [6.07, 6.45) is 0.828. The van der Waals surface area contributed by atoms with Gasteiger partial charge in [0, 0.05) is 11.6 Å². The summed E-state index contributed by atoms with van der Waals surface area (Å²) in [5, 5.41) is 3.50. The molecule has 1 heterocycles. The van der Waals surface area contributed by atoms with E-state index in [2.05, 4.69) is 19.2 Å². The van der Waals surface area contributed by atoms with Crippen LogP contribution in [0.1, 0.15) is 41.2 Å². The molecule has 1 unspecified atom stereocenters.